The lowest BCUT2D eigenvalue weighted by atomic mass is 10.2. The van der Waals surface area contributed by atoms with Gasteiger partial charge in [0.2, 0.25) is 0 Å². The third-order valence-corrected chi connectivity index (χ3v) is 4.83. The number of fused-ring (bicyclic) bond motifs is 2. The molecule has 4 rings (SSSR count). The molecule has 0 radical (unpaired) electrons. The summed E-state index contributed by atoms with van der Waals surface area (Å²) >= 11 is 0. The Morgan fingerprint density at radius 1 is 1.11 bits per heavy atom. The summed E-state index contributed by atoms with van der Waals surface area (Å²) in [4.78, 5) is 4.31. The summed E-state index contributed by atoms with van der Waals surface area (Å²) in [7, 11) is 1.75. The standard InChI is InChI=1S/C19H26N6O2/c1-20-19(21-13-18-24-23-17-6-3-2-4-9-25(17)18)22-14-7-8-15-16(12-14)27-11-5-10-26-15/h7-8,12H,2-6,9-11,13H2,1H3,(H2,20,21,22). The highest BCUT2D eigenvalue weighted by Crippen LogP contribution is 2.32. The number of hydrogen-bond acceptors (Lipinski definition) is 5. The normalized spacial score (nSPS) is 16.9. The van der Waals surface area contributed by atoms with Gasteiger partial charge in [-0.1, -0.05) is 6.42 Å². The third-order valence-electron chi connectivity index (χ3n) is 4.83. The molecule has 0 fully saturated rings. The fraction of sp³-hybridized carbons (Fsp3) is 0.526. The van der Waals surface area contributed by atoms with E-state index in [1.54, 1.807) is 7.05 Å². The number of nitrogens with one attached hydrogen (secondary N) is 2. The number of aromatic nitrogens is 3. The second-order valence-electron chi connectivity index (χ2n) is 6.76. The van der Waals surface area contributed by atoms with Crippen LogP contribution in [0.4, 0.5) is 5.69 Å². The average Bonchev–Trinajstić information content (AvgIpc) is 2.86. The molecular weight excluding hydrogens is 344 g/mol. The predicted octanol–water partition coefficient (Wildman–Crippen LogP) is 2.35. The Morgan fingerprint density at radius 2 is 2.00 bits per heavy atom. The van der Waals surface area contributed by atoms with Crippen LogP contribution < -0.4 is 20.1 Å². The Balaban J connectivity index is 1.40. The molecule has 0 atom stereocenters. The minimum Gasteiger partial charge on any atom is -0.490 e. The van der Waals surface area contributed by atoms with E-state index in [2.05, 4.69) is 30.4 Å². The van der Waals surface area contributed by atoms with Crippen molar-refractivity contribution in [1.82, 2.24) is 20.1 Å². The monoisotopic (exact) mass is 370 g/mol. The summed E-state index contributed by atoms with van der Waals surface area (Å²) in [5.41, 5.74) is 0.896. The number of ether oxygens (including phenoxy) is 2. The van der Waals surface area contributed by atoms with Crippen LogP contribution in [0.25, 0.3) is 0 Å². The van der Waals surface area contributed by atoms with Crippen molar-refractivity contribution < 1.29 is 9.47 Å². The van der Waals surface area contributed by atoms with Crippen LogP contribution in [0.15, 0.2) is 23.2 Å². The summed E-state index contributed by atoms with van der Waals surface area (Å²) in [5, 5.41) is 15.3. The van der Waals surface area contributed by atoms with Crippen molar-refractivity contribution in [1.29, 1.82) is 0 Å². The van der Waals surface area contributed by atoms with Gasteiger partial charge in [0, 0.05) is 38.2 Å². The van der Waals surface area contributed by atoms with Gasteiger partial charge in [-0.25, -0.2) is 0 Å². The van der Waals surface area contributed by atoms with Gasteiger partial charge in [-0.05, 0) is 25.0 Å². The molecule has 0 spiro atoms. The van der Waals surface area contributed by atoms with Crippen molar-refractivity contribution in [3.8, 4) is 11.5 Å². The highest BCUT2D eigenvalue weighted by Gasteiger charge is 2.15. The van der Waals surface area contributed by atoms with Crippen LogP contribution in [0.1, 0.15) is 37.3 Å². The molecule has 2 aliphatic heterocycles. The van der Waals surface area contributed by atoms with E-state index in [4.69, 9.17) is 9.47 Å². The molecule has 1 aromatic carbocycles. The van der Waals surface area contributed by atoms with Crippen LogP contribution in [0.2, 0.25) is 0 Å². The van der Waals surface area contributed by atoms with E-state index in [1.807, 2.05) is 18.2 Å². The Kier molecular flexibility index (Phi) is 5.41. The number of benzene rings is 1. The molecule has 0 saturated carbocycles. The van der Waals surface area contributed by atoms with Gasteiger partial charge in [0.15, 0.2) is 23.3 Å². The minimum absolute atomic E-state index is 0.581. The maximum atomic E-state index is 5.75. The number of rotatable bonds is 3. The second-order valence-corrected chi connectivity index (χ2v) is 6.76. The first-order valence-electron chi connectivity index (χ1n) is 9.62. The fourth-order valence-corrected chi connectivity index (χ4v) is 3.40. The summed E-state index contributed by atoms with van der Waals surface area (Å²) in [6.07, 6.45) is 5.53. The molecule has 2 aromatic rings. The molecule has 8 nitrogen and oxygen atoms in total. The Morgan fingerprint density at radius 3 is 2.89 bits per heavy atom. The molecule has 8 heteroatoms. The molecule has 0 aliphatic carbocycles. The Hall–Kier alpha value is -2.77. The van der Waals surface area contributed by atoms with Gasteiger partial charge in [-0.2, -0.15) is 0 Å². The molecule has 1 aromatic heterocycles. The highest BCUT2D eigenvalue weighted by atomic mass is 16.5. The summed E-state index contributed by atoms with van der Waals surface area (Å²) in [6.45, 7) is 2.93. The van der Waals surface area contributed by atoms with Crippen molar-refractivity contribution in [2.45, 2.75) is 45.2 Å². The molecule has 144 valence electrons. The first kappa shape index (κ1) is 17.6. The lowest BCUT2D eigenvalue weighted by Crippen LogP contribution is -2.31. The van der Waals surface area contributed by atoms with E-state index in [9.17, 15) is 0 Å². The molecule has 0 saturated heterocycles. The van der Waals surface area contributed by atoms with E-state index >= 15 is 0 Å². The average molecular weight is 370 g/mol. The first-order valence-corrected chi connectivity index (χ1v) is 9.62. The van der Waals surface area contributed by atoms with Gasteiger partial charge < -0.3 is 24.7 Å². The van der Waals surface area contributed by atoms with E-state index in [-0.39, 0.29) is 0 Å². The van der Waals surface area contributed by atoms with Gasteiger partial charge in [-0.3, -0.25) is 4.99 Å². The van der Waals surface area contributed by atoms with Crippen molar-refractivity contribution in [3.05, 3.63) is 29.8 Å². The number of guanidine groups is 1. The van der Waals surface area contributed by atoms with E-state index in [0.29, 0.717) is 25.7 Å². The van der Waals surface area contributed by atoms with E-state index < -0.39 is 0 Å². The highest BCUT2D eigenvalue weighted by molar-refractivity contribution is 5.93. The van der Waals surface area contributed by atoms with Crippen LogP contribution in [0, 0.1) is 0 Å². The van der Waals surface area contributed by atoms with Crippen LogP contribution in [-0.2, 0) is 19.5 Å². The molecule has 3 heterocycles. The van der Waals surface area contributed by atoms with Gasteiger partial charge in [0.1, 0.15) is 5.82 Å². The predicted molar refractivity (Wildman–Crippen MR) is 103 cm³/mol. The lowest BCUT2D eigenvalue weighted by molar-refractivity contribution is 0.297. The maximum Gasteiger partial charge on any atom is 0.195 e. The summed E-state index contributed by atoms with van der Waals surface area (Å²) in [5.74, 6) is 4.27. The zero-order valence-electron chi connectivity index (χ0n) is 15.7. The molecule has 0 amide bonds. The largest absolute Gasteiger partial charge is 0.490 e. The Labute approximate surface area is 159 Å². The second kappa shape index (κ2) is 8.28. The molecule has 2 aliphatic rings. The quantitative estimate of drug-likeness (QED) is 0.637. The van der Waals surface area contributed by atoms with Gasteiger partial charge in [0.05, 0.1) is 19.8 Å². The molecule has 0 bridgehead atoms. The van der Waals surface area contributed by atoms with Gasteiger partial charge in [0.25, 0.3) is 0 Å². The lowest BCUT2D eigenvalue weighted by Gasteiger charge is -2.14. The summed E-state index contributed by atoms with van der Waals surface area (Å²) < 4.78 is 13.7. The number of nitrogens with zero attached hydrogens (tertiary/aromatic N) is 4. The molecule has 27 heavy (non-hydrogen) atoms. The zero-order valence-corrected chi connectivity index (χ0v) is 15.7. The summed E-state index contributed by atoms with van der Waals surface area (Å²) in [6, 6.07) is 5.83. The molecular formula is C19H26N6O2. The van der Waals surface area contributed by atoms with Crippen molar-refractivity contribution >= 4 is 11.6 Å². The zero-order chi connectivity index (χ0) is 18.5. The smallest absolute Gasteiger partial charge is 0.195 e. The maximum absolute atomic E-state index is 5.75. The van der Waals surface area contributed by atoms with E-state index in [0.717, 1.165) is 48.2 Å². The van der Waals surface area contributed by atoms with Gasteiger partial charge in [-0.15, -0.1) is 10.2 Å². The van der Waals surface area contributed by atoms with Crippen LogP contribution in [0.3, 0.4) is 0 Å². The van der Waals surface area contributed by atoms with Crippen molar-refractivity contribution in [2.75, 3.05) is 25.6 Å². The fourth-order valence-electron chi connectivity index (χ4n) is 3.40. The topological polar surface area (TPSA) is 85.6 Å². The molecule has 0 unspecified atom stereocenters. The number of aliphatic imine (C=N–C) groups is 1. The number of hydrogen-bond donors (Lipinski definition) is 2. The first-order chi connectivity index (χ1) is 13.3. The van der Waals surface area contributed by atoms with Crippen LogP contribution in [0.5, 0.6) is 11.5 Å². The Bertz CT molecular complexity index is 817. The van der Waals surface area contributed by atoms with Crippen molar-refractivity contribution in [3.63, 3.8) is 0 Å². The molecule has 2 N–H and O–H groups in total. The number of aryl methyl sites for hydroxylation is 1. The van der Waals surface area contributed by atoms with Gasteiger partial charge >= 0.3 is 0 Å². The van der Waals surface area contributed by atoms with Crippen LogP contribution in [-0.4, -0.2) is 41.0 Å². The van der Waals surface area contributed by atoms with Crippen LogP contribution >= 0.6 is 0 Å². The van der Waals surface area contributed by atoms with Crippen molar-refractivity contribution in [2.24, 2.45) is 4.99 Å². The minimum atomic E-state index is 0.581. The SMILES string of the molecule is CN=C(NCc1nnc2n1CCCCC2)Nc1ccc2c(c1)OCCCO2. The number of anilines is 1. The van der Waals surface area contributed by atoms with E-state index in [1.165, 1.54) is 19.3 Å². The third kappa shape index (κ3) is 4.15.